The van der Waals surface area contributed by atoms with E-state index in [-0.39, 0.29) is 4.90 Å². The number of hydrogen-bond donors (Lipinski definition) is 0. The number of ether oxygens (including phenoxy) is 1. The van der Waals surface area contributed by atoms with Gasteiger partial charge in [-0.05, 0) is 53.4 Å². The van der Waals surface area contributed by atoms with Crippen LogP contribution in [0.2, 0.25) is 5.02 Å². The molecular formula is C18H13ClO4S2. The van der Waals surface area contributed by atoms with Gasteiger partial charge >= 0.3 is 0 Å². The van der Waals surface area contributed by atoms with Crippen molar-refractivity contribution in [3.63, 3.8) is 0 Å². The summed E-state index contributed by atoms with van der Waals surface area (Å²) < 4.78 is 30.3. The first kappa shape index (κ1) is 17.7. The number of sulfone groups is 1. The van der Waals surface area contributed by atoms with Crippen LogP contribution in [0.15, 0.2) is 63.6 Å². The molecule has 0 spiro atoms. The third-order valence-corrected chi connectivity index (χ3v) is 6.30. The van der Waals surface area contributed by atoms with Gasteiger partial charge in [0.1, 0.15) is 10.6 Å². The van der Waals surface area contributed by atoms with Crippen LogP contribution in [0.4, 0.5) is 0 Å². The first-order valence-corrected chi connectivity index (χ1v) is 9.94. The Morgan fingerprint density at radius 2 is 1.80 bits per heavy atom. The summed E-state index contributed by atoms with van der Waals surface area (Å²) in [5.74, 6) is 0.676. The van der Waals surface area contributed by atoms with Gasteiger partial charge in [0.2, 0.25) is 9.84 Å². The van der Waals surface area contributed by atoms with Crippen molar-refractivity contribution in [2.45, 2.75) is 4.90 Å². The lowest BCUT2D eigenvalue weighted by Gasteiger charge is -2.02. The standard InChI is InChI=1S/C18H13ClO4S2/c1-23-15-5-2-12(3-6-15)8-9-25(21,22)17-11-13-10-14(19)4-7-16(13)24-18(17)20/h2-11H,1H3. The number of benzene rings is 2. The fourth-order valence-corrected chi connectivity index (χ4v) is 4.62. The molecular weight excluding hydrogens is 380 g/mol. The van der Waals surface area contributed by atoms with E-state index in [9.17, 15) is 13.2 Å². The maximum absolute atomic E-state index is 12.5. The second-order valence-corrected chi connectivity index (χ2v) is 8.45. The van der Waals surface area contributed by atoms with Crippen LogP contribution in [-0.2, 0) is 9.84 Å². The van der Waals surface area contributed by atoms with Gasteiger partial charge in [-0.2, -0.15) is 0 Å². The zero-order valence-electron chi connectivity index (χ0n) is 13.1. The second-order valence-electron chi connectivity index (χ2n) is 5.20. The van der Waals surface area contributed by atoms with Gasteiger partial charge < -0.3 is 4.74 Å². The van der Waals surface area contributed by atoms with Gasteiger partial charge in [-0.25, -0.2) is 8.42 Å². The molecule has 0 aliphatic carbocycles. The van der Waals surface area contributed by atoms with Gasteiger partial charge in [-0.1, -0.05) is 35.1 Å². The van der Waals surface area contributed by atoms with E-state index in [1.165, 1.54) is 12.1 Å². The average Bonchev–Trinajstić information content (AvgIpc) is 2.60. The van der Waals surface area contributed by atoms with Gasteiger partial charge in [0.15, 0.2) is 0 Å². The molecule has 0 radical (unpaired) electrons. The summed E-state index contributed by atoms with van der Waals surface area (Å²) >= 11 is 6.83. The van der Waals surface area contributed by atoms with Crippen LogP contribution < -0.4 is 9.48 Å². The van der Waals surface area contributed by atoms with Crippen LogP contribution >= 0.6 is 22.9 Å². The number of rotatable bonds is 4. The van der Waals surface area contributed by atoms with Crippen molar-refractivity contribution < 1.29 is 13.2 Å². The van der Waals surface area contributed by atoms with E-state index >= 15 is 0 Å². The molecule has 0 saturated carbocycles. The zero-order chi connectivity index (χ0) is 18.0. The molecule has 1 heterocycles. The van der Waals surface area contributed by atoms with Crippen LogP contribution in [0.5, 0.6) is 5.75 Å². The molecule has 7 heteroatoms. The third kappa shape index (κ3) is 3.92. The lowest BCUT2D eigenvalue weighted by molar-refractivity contribution is 0.415. The smallest absolute Gasteiger partial charge is 0.251 e. The molecule has 25 heavy (non-hydrogen) atoms. The minimum atomic E-state index is -3.87. The molecule has 0 atom stereocenters. The molecule has 2 aromatic carbocycles. The number of methoxy groups -OCH3 is 1. The molecule has 0 unspecified atom stereocenters. The normalized spacial score (nSPS) is 11.9. The SMILES string of the molecule is COc1ccc(C=CS(=O)(=O)c2cc3cc(Cl)ccc3sc2=O)cc1. The van der Waals surface area contributed by atoms with Crippen LogP contribution in [-0.4, -0.2) is 15.5 Å². The Bertz CT molecular complexity index is 1110. The van der Waals surface area contributed by atoms with Gasteiger partial charge in [-0.15, -0.1) is 0 Å². The van der Waals surface area contributed by atoms with Crippen molar-refractivity contribution in [2.75, 3.05) is 7.11 Å². The fourth-order valence-electron chi connectivity index (χ4n) is 2.23. The summed E-state index contributed by atoms with van der Waals surface area (Å²) in [4.78, 5) is 12.0. The Kier molecular flexibility index (Phi) is 4.94. The zero-order valence-corrected chi connectivity index (χ0v) is 15.5. The lowest BCUT2D eigenvalue weighted by atomic mass is 10.2. The van der Waals surface area contributed by atoms with E-state index < -0.39 is 14.6 Å². The van der Waals surface area contributed by atoms with Crippen molar-refractivity contribution in [3.05, 3.63) is 74.1 Å². The minimum absolute atomic E-state index is 0.253. The maximum atomic E-state index is 12.5. The van der Waals surface area contributed by atoms with Crippen LogP contribution in [0.25, 0.3) is 16.2 Å². The van der Waals surface area contributed by atoms with E-state index in [1.54, 1.807) is 49.6 Å². The van der Waals surface area contributed by atoms with E-state index in [0.29, 0.717) is 26.4 Å². The van der Waals surface area contributed by atoms with Crippen molar-refractivity contribution in [2.24, 2.45) is 0 Å². The minimum Gasteiger partial charge on any atom is -0.497 e. The highest BCUT2D eigenvalue weighted by Gasteiger charge is 2.16. The molecule has 3 rings (SSSR count). The molecule has 0 fully saturated rings. The van der Waals surface area contributed by atoms with Gasteiger partial charge in [0.05, 0.1) is 7.11 Å². The summed E-state index contributed by atoms with van der Waals surface area (Å²) in [6.45, 7) is 0. The maximum Gasteiger partial charge on any atom is 0.251 e. The molecule has 0 aliphatic rings. The second kappa shape index (κ2) is 7.00. The summed E-state index contributed by atoms with van der Waals surface area (Å²) in [5.41, 5.74) is 0.685. The monoisotopic (exact) mass is 392 g/mol. The summed E-state index contributed by atoms with van der Waals surface area (Å²) in [7, 11) is -2.31. The van der Waals surface area contributed by atoms with Gasteiger partial charge in [0.25, 0.3) is 4.74 Å². The quantitative estimate of drug-likeness (QED) is 0.661. The highest BCUT2D eigenvalue weighted by molar-refractivity contribution is 7.94. The highest BCUT2D eigenvalue weighted by atomic mass is 35.5. The Hall–Kier alpha value is -2.15. The molecule has 128 valence electrons. The van der Waals surface area contributed by atoms with Crippen molar-refractivity contribution in [1.82, 2.24) is 0 Å². The number of fused-ring (bicyclic) bond motifs is 1. The average molecular weight is 393 g/mol. The number of hydrogen-bond acceptors (Lipinski definition) is 5. The van der Waals surface area contributed by atoms with Crippen molar-refractivity contribution in [3.8, 4) is 5.75 Å². The fraction of sp³-hybridized carbons (Fsp3) is 0.0556. The molecule has 3 aromatic rings. The Morgan fingerprint density at radius 1 is 1.08 bits per heavy atom. The molecule has 1 aromatic heterocycles. The van der Waals surface area contributed by atoms with Crippen LogP contribution in [0.3, 0.4) is 0 Å². The molecule has 0 N–H and O–H groups in total. The predicted octanol–water partition coefficient (Wildman–Crippen LogP) is 4.37. The largest absolute Gasteiger partial charge is 0.497 e. The molecule has 4 nitrogen and oxygen atoms in total. The number of halogens is 1. The molecule has 0 amide bonds. The first-order valence-electron chi connectivity index (χ1n) is 7.20. The Balaban J connectivity index is 2.01. The van der Waals surface area contributed by atoms with E-state index in [1.807, 2.05) is 0 Å². The van der Waals surface area contributed by atoms with Gasteiger partial charge in [0, 0.05) is 15.1 Å². The van der Waals surface area contributed by atoms with Crippen molar-refractivity contribution in [1.29, 1.82) is 0 Å². The molecule has 0 bridgehead atoms. The molecule has 0 saturated heterocycles. The van der Waals surface area contributed by atoms with E-state index in [2.05, 4.69) is 0 Å². The van der Waals surface area contributed by atoms with E-state index in [4.69, 9.17) is 16.3 Å². The Labute approximate surface area is 153 Å². The third-order valence-electron chi connectivity index (χ3n) is 3.52. The lowest BCUT2D eigenvalue weighted by Crippen LogP contribution is -2.09. The van der Waals surface area contributed by atoms with Crippen LogP contribution in [0, 0.1) is 0 Å². The summed E-state index contributed by atoms with van der Waals surface area (Å²) in [5, 5.41) is 2.14. The highest BCUT2D eigenvalue weighted by Crippen LogP contribution is 2.24. The summed E-state index contributed by atoms with van der Waals surface area (Å²) in [6, 6.07) is 13.3. The Morgan fingerprint density at radius 3 is 2.48 bits per heavy atom. The van der Waals surface area contributed by atoms with Gasteiger partial charge in [-0.3, -0.25) is 4.79 Å². The molecule has 0 aliphatic heterocycles. The van der Waals surface area contributed by atoms with E-state index in [0.717, 1.165) is 16.7 Å². The predicted molar refractivity (Wildman–Crippen MR) is 102 cm³/mol. The van der Waals surface area contributed by atoms with Crippen molar-refractivity contribution >= 4 is 48.9 Å². The summed E-state index contributed by atoms with van der Waals surface area (Å²) in [6.07, 6.45) is 1.45. The first-order chi connectivity index (χ1) is 11.9. The van der Waals surface area contributed by atoms with Crippen LogP contribution in [0.1, 0.15) is 5.56 Å². The topological polar surface area (TPSA) is 60.4 Å².